The second-order valence-electron chi connectivity index (χ2n) is 5.33. The van der Waals surface area contributed by atoms with Crippen LogP contribution in [0.1, 0.15) is 46.0 Å². The number of aliphatic hydroxyl groups excluding tert-OH is 1. The fourth-order valence-electron chi connectivity index (χ4n) is 2.49. The summed E-state index contributed by atoms with van der Waals surface area (Å²) in [7, 11) is -4.08. The molecule has 0 aromatic carbocycles. The molecule has 0 amide bonds. The molecule has 0 unspecified atom stereocenters. The molecule has 0 saturated carbocycles. The number of halogens is 1. The molecular formula is C14H22BrNO6S. The fourth-order valence-corrected chi connectivity index (χ4v) is 4.60. The van der Waals surface area contributed by atoms with E-state index >= 15 is 0 Å². The summed E-state index contributed by atoms with van der Waals surface area (Å²) in [6.45, 7) is 3.14. The number of nitrogens with one attached hydrogen (secondary N) is 1. The maximum Gasteiger partial charge on any atom is 0.337 e. The van der Waals surface area contributed by atoms with Crippen LogP contribution in [0.3, 0.4) is 0 Å². The van der Waals surface area contributed by atoms with E-state index in [4.69, 9.17) is 14.0 Å². The molecule has 23 heavy (non-hydrogen) atoms. The van der Waals surface area contributed by atoms with E-state index in [2.05, 4.69) is 33.5 Å². The first-order valence-electron chi connectivity index (χ1n) is 7.43. The maximum atomic E-state index is 12.0. The van der Waals surface area contributed by atoms with Gasteiger partial charge in [-0.1, -0.05) is 42.1 Å². The standard InChI is InChI=1S/C14H22BrNO6S/c1-3-4-5-6-12(15)14(8-9-17)13(22-11(2)18)7-10-21-23(19,20)16-14/h12-13,16-17H,3-7,10H2,1-2H3/t12-,13+,14+/m0/s1. The van der Waals surface area contributed by atoms with Gasteiger partial charge in [-0.25, -0.2) is 0 Å². The van der Waals surface area contributed by atoms with Gasteiger partial charge in [-0.3, -0.25) is 8.98 Å². The smallest absolute Gasteiger partial charge is 0.337 e. The Bertz CT molecular complexity index is 570. The summed E-state index contributed by atoms with van der Waals surface area (Å²) in [5.41, 5.74) is -1.50. The molecule has 0 radical (unpaired) electrons. The molecule has 0 aromatic heterocycles. The number of ether oxygens (including phenoxy) is 1. The number of hydrogen-bond acceptors (Lipinski definition) is 6. The fraction of sp³-hybridized carbons (Fsp3) is 0.786. The molecule has 1 rings (SSSR count). The van der Waals surface area contributed by atoms with Gasteiger partial charge in [0.05, 0.1) is 6.61 Å². The van der Waals surface area contributed by atoms with E-state index in [1.807, 2.05) is 0 Å². The minimum Gasteiger partial charge on any atom is -0.462 e. The molecule has 0 aliphatic carbocycles. The molecule has 0 aromatic rings. The van der Waals surface area contributed by atoms with Crippen molar-refractivity contribution in [3.05, 3.63) is 0 Å². The van der Waals surface area contributed by atoms with Crippen LogP contribution in [-0.2, 0) is 24.0 Å². The van der Waals surface area contributed by atoms with E-state index in [0.717, 1.165) is 19.3 Å². The largest absolute Gasteiger partial charge is 0.462 e. The average molecular weight is 412 g/mol. The highest BCUT2D eigenvalue weighted by Crippen LogP contribution is 2.33. The number of carbonyl (C=O) groups excluding carboxylic acids is 1. The molecule has 9 heteroatoms. The van der Waals surface area contributed by atoms with Gasteiger partial charge in [-0.2, -0.15) is 13.1 Å². The van der Waals surface area contributed by atoms with Crippen LogP contribution in [-0.4, -0.2) is 42.6 Å². The van der Waals surface area contributed by atoms with Crippen LogP contribution in [0.25, 0.3) is 0 Å². The van der Waals surface area contributed by atoms with E-state index < -0.39 is 32.7 Å². The lowest BCUT2D eigenvalue weighted by atomic mass is 9.86. The zero-order valence-electron chi connectivity index (χ0n) is 13.2. The highest BCUT2D eigenvalue weighted by molar-refractivity contribution is 9.09. The van der Waals surface area contributed by atoms with Gasteiger partial charge in [0.25, 0.3) is 0 Å². The minimum atomic E-state index is -4.08. The Morgan fingerprint density at radius 1 is 1.57 bits per heavy atom. The lowest BCUT2D eigenvalue weighted by Crippen LogP contribution is -2.61. The highest BCUT2D eigenvalue weighted by Gasteiger charge is 2.50. The van der Waals surface area contributed by atoms with Crippen LogP contribution >= 0.6 is 15.9 Å². The van der Waals surface area contributed by atoms with E-state index in [1.54, 1.807) is 6.11 Å². The molecule has 3 atom stereocenters. The van der Waals surface area contributed by atoms with Gasteiger partial charge in [0.1, 0.15) is 17.7 Å². The molecule has 1 heterocycles. The van der Waals surface area contributed by atoms with E-state index in [0.29, 0.717) is 6.42 Å². The first-order chi connectivity index (χ1) is 10.8. The van der Waals surface area contributed by atoms with Crippen LogP contribution in [0.4, 0.5) is 0 Å². The van der Waals surface area contributed by atoms with Crippen molar-refractivity contribution in [3.63, 3.8) is 0 Å². The third-order valence-corrected chi connectivity index (χ3v) is 5.79. The van der Waals surface area contributed by atoms with Crippen molar-refractivity contribution >= 4 is 32.2 Å². The summed E-state index contributed by atoms with van der Waals surface area (Å²) in [6.07, 6.45) is 4.39. The number of hydrogen-bond donors (Lipinski definition) is 2. The molecule has 0 bridgehead atoms. The number of esters is 1. The van der Waals surface area contributed by atoms with Crippen LogP contribution in [0, 0.1) is 12.0 Å². The summed E-state index contributed by atoms with van der Waals surface area (Å²) in [5, 5.41) is 9.12. The monoisotopic (exact) mass is 411 g/mol. The average Bonchev–Trinajstić information content (AvgIpc) is 2.56. The predicted octanol–water partition coefficient (Wildman–Crippen LogP) is 1.59. The quantitative estimate of drug-likeness (QED) is 0.297. The maximum absolute atomic E-state index is 12.0. The molecule has 132 valence electrons. The molecule has 1 aliphatic rings. The number of rotatable bonds is 6. The molecule has 0 spiro atoms. The van der Waals surface area contributed by atoms with Gasteiger partial charge in [0.2, 0.25) is 0 Å². The lowest BCUT2D eigenvalue weighted by molar-refractivity contribution is -0.149. The van der Waals surface area contributed by atoms with E-state index in [1.165, 1.54) is 6.92 Å². The Morgan fingerprint density at radius 2 is 2.26 bits per heavy atom. The zero-order chi connectivity index (χ0) is 17.5. The third-order valence-electron chi connectivity index (χ3n) is 3.55. The normalized spacial score (nSPS) is 28.0. The van der Waals surface area contributed by atoms with Crippen molar-refractivity contribution in [3.8, 4) is 12.0 Å². The molecular weight excluding hydrogens is 390 g/mol. The van der Waals surface area contributed by atoms with E-state index in [-0.39, 0.29) is 13.0 Å². The summed E-state index contributed by atoms with van der Waals surface area (Å²) in [5.74, 6) is 1.93. The third kappa shape index (κ3) is 5.64. The van der Waals surface area contributed by atoms with Crippen molar-refractivity contribution in [2.24, 2.45) is 0 Å². The van der Waals surface area contributed by atoms with Crippen molar-refractivity contribution in [1.29, 1.82) is 0 Å². The number of unbranched alkanes of at least 4 members (excludes halogenated alkanes) is 2. The lowest BCUT2D eigenvalue weighted by Gasteiger charge is -2.37. The van der Waals surface area contributed by atoms with Crippen molar-refractivity contribution in [2.45, 2.75) is 62.4 Å². The van der Waals surface area contributed by atoms with Gasteiger partial charge in [-0.15, -0.1) is 0 Å². The van der Waals surface area contributed by atoms with Crippen LogP contribution < -0.4 is 4.72 Å². The first-order valence-corrected chi connectivity index (χ1v) is 9.75. The van der Waals surface area contributed by atoms with Gasteiger partial charge >= 0.3 is 16.3 Å². The number of carbonyl (C=O) groups is 1. The SMILES string of the molecule is CCCCC[C@H](Br)[C@@]1(C#CO)NS(=O)(=O)OCC[C@H]1OC(C)=O. The number of alkyl halides is 1. The van der Waals surface area contributed by atoms with Crippen LogP contribution in [0.5, 0.6) is 0 Å². The van der Waals surface area contributed by atoms with Crippen LogP contribution in [0.2, 0.25) is 0 Å². The Morgan fingerprint density at radius 3 is 2.83 bits per heavy atom. The summed E-state index contributed by atoms with van der Waals surface area (Å²) < 4.78 is 36.4. The Balaban J connectivity index is 3.23. The minimum absolute atomic E-state index is 0.135. The Kier molecular flexibility index (Phi) is 7.80. The summed E-state index contributed by atoms with van der Waals surface area (Å²) >= 11 is 3.46. The predicted molar refractivity (Wildman–Crippen MR) is 87.5 cm³/mol. The van der Waals surface area contributed by atoms with Gasteiger partial charge in [0.15, 0.2) is 0 Å². The molecule has 1 fully saturated rings. The molecule has 1 aliphatic heterocycles. The van der Waals surface area contributed by atoms with Crippen molar-refractivity contribution in [2.75, 3.05) is 6.61 Å². The first kappa shape index (κ1) is 20.2. The second-order valence-corrected chi connectivity index (χ2v) is 7.79. The number of aliphatic hydroxyl groups is 1. The Hall–Kier alpha value is -0.820. The van der Waals surface area contributed by atoms with Crippen LogP contribution in [0.15, 0.2) is 0 Å². The van der Waals surface area contributed by atoms with Gasteiger partial charge in [-0.05, 0) is 12.3 Å². The topological polar surface area (TPSA) is 102 Å². The van der Waals surface area contributed by atoms with Gasteiger partial charge < -0.3 is 9.84 Å². The van der Waals surface area contributed by atoms with Crippen molar-refractivity contribution in [1.82, 2.24) is 4.72 Å². The Labute approximate surface area is 145 Å². The second kappa shape index (κ2) is 8.87. The zero-order valence-corrected chi connectivity index (χ0v) is 15.6. The van der Waals surface area contributed by atoms with E-state index in [9.17, 15) is 13.2 Å². The van der Waals surface area contributed by atoms with Crippen molar-refractivity contribution < 1.29 is 27.2 Å². The molecule has 7 nitrogen and oxygen atoms in total. The molecule has 2 N–H and O–H groups in total. The van der Waals surface area contributed by atoms with Gasteiger partial charge in [0, 0.05) is 18.2 Å². The molecule has 1 saturated heterocycles. The highest BCUT2D eigenvalue weighted by atomic mass is 79.9. The summed E-state index contributed by atoms with van der Waals surface area (Å²) in [4.78, 5) is 10.9. The summed E-state index contributed by atoms with van der Waals surface area (Å²) in [6, 6.07) is 0.